The first kappa shape index (κ1) is 13.2. The number of carbonyl (C=O) groups is 1. The Morgan fingerprint density at radius 2 is 2.29 bits per heavy atom. The van der Waals surface area contributed by atoms with Gasteiger partial charge >= 0.3 is 0 Å². The lowest BCUT2D eigenvalue weighted by Crippen LogP contribution is -2.28. The summed E-state index contributed by atoms with van der Waals surface area (Å²) >= 11 is 0. The first-order valence-electron chi connectivity index (χ1n) is 5.55. The second-order valence-electron chi connectivity index (χ2n) is 3.92. The fourth-order valence-electron chi connectivity index (χ4n) is 1.52. The van der Waals surface area contributed by atoms with Gasteiger partial charge in [-0.3, -0.25) is 4.79 Å². The Kier molecular flexibility index (Phi) is 5.18. The van der Waals surface area contributed by atoms with Crippen molar-refractivity contribution in [2.75, 3.05) is 20.6 Å². The highest BCUT2D eigenvalue weighted by Gasteiger charge is 2.08. The van der Waals surface area contributed by atoms with Gasteiger partial charge in [-0.1, -0.05) is 12.1 Å². The minimum Gasteiger partial charge on any atom is -0.341 e. The average molecular weight is 231 g/mol. The van der Waals surface area contributed by atoms with Crippen molar-refractivity contribution in [2.45, 2.75) is 13.0 Å². The molecule has 0 atom stereocenters. The largest absolute Gasteiger partial charge is 0.341 e. The molecule has 4 heteroatoms. The van der Waals surface area contributed by atoms with Gasteiger partial charge < -0.3 is 10.2 Å². The van der Waals surface area contributed by atoms with Crippen molar-refractivity contribution in [1.82, 2.24) is 10.2 Å². The maximum Gasteiger partial charge on any atom is 0.223 e. The fourth-order valence-corrected chi connectivity index (χ4v) is 1.52. The van der Waals surface area contributed by atoms with Crippen molar-refractivity contribution in [3.63, 3.8) is 0 Å². The van der Waals surface area contributed by atoms with Crippen LogP contribution >= 0.6 is 0 Å². The Bertz CT molecular complexity index is 423. The van der Waals surface area contributed by atoms with Gasteiger partial charge in [0, 0.05) is 26.6 Å². The Hall–Kier alpha value is -1.86. The van der Waals surface area contributed by atoms with Crippen molar-refractivity contribution < 1.29 is 4.79 Å². The van der Waals surface area contributed by atoms with Crippen molar-refractivity contribution in [3.8, 4) is 6.07 Å². The van der Waals surface area contributed by atoms with E-state index in [1.807, 2.05) is 25.2 Å². The second kappa shape index (κ2) is 6.66. The van der Waals surface area contributed by atoms with Crippen molar-refractivity contribution in [3.05, 3.63) is 35.4 Å². The average Bonchev–Trinajstić information content (AvgIpc) is 2.36. The molecule has 0 aliphatic carbocycles. The van der Waals surface area contributed by atoms with Crippen molar-refractivity contribution >= 4 is 5.91 Å². The number of hydrogen-bond donors (Lipinski definition) is 1. The summed E-state index contributed by atoms with van der Waals surface area (Å²) in [7, 11) is 3.60. The van der Waals surface area contributed by atoms with E-state index in [4.69, 9.17) is 5.26 Å². The van der Waals surface area contributed by atoms with E-state index in [-0.39, 0.29) is 5.91 Å². The number of benzene rings is 1. The summed E-state index contributed by atoms with van der Waals surface area (Å²) in [6.07, 6.45) is 0.491. The van der Waals surface area contributed by atoms with E-state index in [1.165, 1.54) is 0 Å². The molecule has 0 saturated carbocycles. The van der Waals surface area contributed by atoms with Crippen LogP contribution in [0.25, 0.3) is 0 Å². The van der Waals surface area contributed by atoms with E-state index in [1.54, 1.807) is 18.0 Å². The molecule has 0 radical (unpaired) electrons. The maximum absolute atomic E-state index is 11.7. The van der Waals surface area contributed by atoms with Crippen LogP contribution in [-0.2, 0) is 11.3 Å². The van der Waals surface area contributed by atoms with Gasteiger partial charge in [0.15, 0.2) is 0 Å². The molecular formula is C13H17N3O. The number of nitrogens with zero attached hydrogens (tertiary/aromatic N) is 2. The van der Waals surface area contributed by atoms with Crippen LogP contribution < -0.4 is 5.32 Å². The normalized spacial score (nSPS) is 9.71. The quantitative estimate of drug-likeness (QED) is 0.826. The first-order valence-corrected chi connectivity index (χ1v) is 5.55. The zero-order valence-electron chi connectivity index (χ0n) is 10.2. The molecule has 0 aliphatic rings. The molecule has 0 unspecified atom stereocenters. The number of carbonyl (C=O) groups excluding carboxylic acids is 1. The summed E-state index contributed by atoms with van der Waals surface area (Å²) < 4.78 is 0. The number of nitrogens with one attached hydrogen (secondary N) is 1. The molecule has 90 valence electrons. The predicted octanol–water partition coefficient (Wildman–Crippen LogP) is 1.13. The van der Waals surface area contributed by atoms with Gasteiger partial charge in [-0.25, -0.2) is 0 Å². The van der Waals surface area contributed by atoms with E-state index in [2.05, 4.69) is 11.4 Å². The van der Waals surface area contributed by atoms with Gasteiger partial charge in [-0.15, -0.1) is 0 Å². The standard InChI is InChI=1S/C13H17N3O/c1-15-7-6-13(17)16(2)10-12-5-3-4-11(8-12)9-14/h3-5,8,15H,6-7,10H2,1-2H3. The lowest BCUT2D eigenvalue weighted by Gasteiger charge is -2.17. The highest BCUT2D eigenvalue weighted by atomic mass is 16.2. The maximum atomic E-state index is 11.7. The van der Waals surface area contributed by atoms with Gasteiger partial charge in [0.25, 0.3) is 0 Å². The zero-order chi connectivity index (χ0) is 12.7. The highest BCUT2D eigenvalue weighted by Crippen LogP contribution is 2.07. The lowest BCUT2D eigenvalue weighted by atomic mass is 10.1. The molecule has 1 rings (SSSR count). The summed E-state index contributed by atoms with van der Waals surface area (Å²) in [6.45, 7) is 1.22. The summed E-state index contributed by atoms with van der Waals surface area (Å²) in [5, 5.41) is 11.7. The minimum absolute atomic E-state index is 0.0988. The molecule has 0 spiro atoms. The summed E-state index contributed by atoms with van der Waals surface area (Å²) in [5.74, 6) is 0.0988. The molecule has 1 aromatic rings. The van der Waals surface area contributed by atoms with Gasteiger partial charge in [0.05, 0.1) is 11.6 Å². The molecule has 0 heterocycles. The number of rotatable bonds is 5. The Morgan fingerprint density at radius 3 is 2.94 bits per heavy atom. The van der Waals surface area contributed by atoms with Gasteiger partial charge in [-0.05, 0) is 24.7 Å². The number of hydrogen-bond acceptors (Lipinski definition) is 3. The molecule has 0 bridgehead atoms. The highest BCUT2D eigenvalue weighted by molar-refractivity contribution is 5.76. The van der Waals surface area contributed by atoms with Crippen LogP contribution in [0.5, 0.6) is 0 Å². The summed E-state index contributed by atoms with van der Waals surface area (Å²) in [6, 6.07) is 9.41. The van der Waals surface area contributed by atoms with Crippen LogP contribution in [0, 0.1) is 11.3 Å². The summed E-state index contributed by atoms with van der Waals surface area (Å²) in [4.78, 5) is 13.4. The van der Waals surface area contributed by atoms with Gasteiger partial charge in [0.2, 0.25) is 5.91 Å². The fraction of sp³-hybridized carbons (Fsp3) is 0.385. The molecule has 0 saturated heterocycles. The van der Waals surface area contributed by atoms with Crippen LogP contribution in [0.15, 0.2) is 24.3 Å². The van der Waals surface area contributed by atoms with Crippen molar-refractivity contribution in [2.24, 2.45) is 0 Å². The Balaban J connectivity index is 2.58. The van der Waals surface area contributed by atoms with E-state index in [0.717, 1.165) is 5.56 Å². The van der Waals surface area contributed by atoms with Crippen LogP contribution in [0.4, 0.5) is 0 Å². The molecule has 0 fully saturated rings. The Labute approximate surface area is 102 Å². The number of nitriles is 1. The summed E-state index contributed by atoms with van der Waals surface area (Å²) in [5.41, 5.74) is 1.60. The van der Waals surface area contributed by atoms with Gasteiger partial charge in [0.1, 0.15) is 0 Å². The van der Waals surface area contributed by atoms with Crippen molar-refractivity contribution in [1.29, 1.82) is 5.26 Å². The molecule has 1 N–H and O–H groups in total. The zero-order valence-corrected chi connectivity index (χ0v) is 10.2. The van der Waals surface area contributed by atoms with Crippen LogP contribution in [-0.4, -0.2) is 31.4 Å². The molecule has 0 aliphatic heterocycles. The first-order chi connectivity index (χ1) is 8.17. The second-order valence-corrected chi connectivity index (χ2v) is 3.92. The van der Waals surface area contributed by atoms with E-state index in [9.17, 15) is 4.79 Å². The predicted molar refractivity (Wildman–Crippen MR) is 66.2 cm³/mol. The Morgan fingerprint density at radius 1 is 1.53 bits per heavy atom. The topological polar surface area (TPSA) is 56.1 Å². The minimum atomic E-state index is 0.0988. The SMILES string of the molecule is CNCCC(=O)N(C)Cc1cccc(C#N)c1. The third-order valence-corrected chi connectivity index (χ3v) is 2.49. The molecular weight excluding hydrogens is 214 g/mol. The van der Waals surface area contributed by atoms with Crippen LogP contribution in [0.3, 0.4) is 0 Å². The van der Waals surface area contributed by atoms with E-state index < -0.39 is 0 Å². The monoisotopic (exact) mass is 231 g/mol. The lowest BCUT2D eigenvalue weighted by molar-refractivity contribution is -0.130. The number of amides is 1. The van der Waals surface area contributed by atoms with Crippen LogP contribution in [0.2, 0.25) is 0 Å². The third kappa shape index (κ3) is 4.25. The molecule has 4 nitrogen and oxygen atoms in total. The smallest absolute Gasteiger partial charge is 0.223 e. The van der Waals surface area contributed by atoms with Gasteiger partial charge in [-0.2, -0.15) is 5.26 Å². The van der Waals surface area contributed by atoms with E-state index >= 15 is 0 Å². The molecule has 17 heavy (non-hydrogen) atoms. The van der Waals surface area contributed by atoms with E-state index in [0.29, 0.717) is 25.1 Å². The molecule has 1 aromatic carbocycles. The van der Waals surface area contributed by atoms with Crippen LogP contribution in [0.1, 0.15) is 17.5 Å². The molecule has 1 amide bonds. The molecule has 0 aromatic heterocycles. The third-order valence-electron chi connectivity index (χ3n) is 2.49.